The second-order valence-electron chi connectivity index (χ2n) is 6.14. The zero-order valence-corrected chi connectivity index (χ0v) is 15.5. The van der Waals surface area contributed by atoms with Crippen LogP contribution in [0.2, 0.25) is 0 Å². The largest absolute Gasteiger partial charge is 0.452 e. The Morgan fingerprint density at radius 3 is 2.41 bits per heavy atom. The molecule has 0 aliphatic heterocycles. The number of nitrogens with zero attached hydrogens (tertiary/aromatic N) is 2. The molecule has 7 nitrogen and oxygen atoms in total. The van der Waals surface area contributed by atoms with Crippen molar-refractivity contribution >= 4 is 23.9 Å². The Bertz CT molecular complexity index is 1010. The summed E-state index contributed by atoms with van der Waals surface area (Å²) in [5.74, 6) is -1.94. The van der Waals surface area contributed by atoms with Gasteiger partial charge in [0.15, 0.2) is 6.61 Å². The summed E-state index contributed by atoms with van der Waals surface area (Å²) in [4.78, 5) is 35.4. The van der Waals surface area contributed by atoms with Crippen LogP contribution in [0.3, 0.4) is 0 Å². The number of rotatable bonds is 7. The highest BCUT2D eigenvalue weighted by molar-refractivity contribution is 6.05. The first-order valence-corrected chi connectivity index (χ1v) is 8.90. The Kier molecular flexibility index (Phi) is 6.67. The molecule has 0 radical (unpaired) electrons. The molecule has 0 unspecified atom stereocenters. The van der Waals surface area contributed by atoms with E-state index in [1.54, 1.807) is 53.5 Å². The van der Waals surface area contributed by atoms with Gasteiger partial charge in [0.25, 0.3) is 11.8 Å². The topological polar surface area (TPSA) is 90.3 Å². The second kappa shape index (κ2) is 9.80. The van der Waals surface area contributed by atoms with Crippen LogP contribution in [-0.2, 0) is 20.9 Å². The lowest BCUT2D eigenvalue weighted by atomic mass is 10.2. The van der Waals surface area contributed by atoms with Crippen molar-refractivity contribution in [2.75, 3.05) is 6.61 Å². The first-order valence-electron chi connectivity index (χ1n) is 8.90. The van der Waals surface area contributed by atoms with Crippen LogP contribution in [-0.4, -0.2) is 34.2 Å². The maximum atomic E-state index is 11.8. The number of imide groups is 1. The first kappa shape index (κ1) is 19.8. The van der Waals surface area contributed by atoms with E-state index >= 15 is 0 Å². The Balaban J connectivity index is 1.44. The predicted octanol–water partition coefficient (Wildman–Crippen LogP) is 2.44. The maximum Gasteiger partial charge on any atom is 0.331 e. The molecule has 0 atom stereocenters. The molecule has 1 heterocycles. The molecule has 29 heavy (non-hydrogen) atoms. The molecule has 3 rings (SSSR count). The molecule has 0 spiro atoms. The number of esters is 1. The van der Waals surface area contributed by atoms with Crippen LogP contribution in [0.5, 0.6) is 0 Å². The Morgan fingerprint density at radius 1 is 1.00 bits per heavy atom. The highest BCUT2D eigenvalue weighted by Gasteiger charge is 2.11. The number of benzene rings is 2. The van der Waals surface area contributed by atoms with Gasteiger partial charge in [-0.1, -0.05) is 48.5 Å². The molecule has 0 bridgehead atoms. The molecule has 2 aromatic carbocycles. The predicted molar refractivity (Wildman–Crippen MR) is 107 cm³/mol. The number of carbonyl (C=O) groups is 3. The quantitative estimate of drug-likeness (QED) is 0.495. The lowest BCUT2D eigenvalue weighted by Gasteiger charge is -2.04. The van der Waals surface area contributed by atoms with Crippen molar-refractivity contribution in [3.8, 4) is 0 Å². The minimum Gasteiger partial charge on any atom is -0.452 e. The highest BCUT2D eigenvalue weighted by Crippen LogP contribution is 2.05. The van der Waals surface area contributed by atoms with E-state index in [4.69, 9.17) is 4.74 Å². The second-order valence-corrected chi connectivity index (χ2v) is 6.14. The average Bonchev–Trinajstić information content (AvgIpc) is 3.19. The zero-order valence-electron chi connectivity index (χ0n) is 15.5. The van der Waals surface area contributed by atoms with E-state index in [0.29, 0.717) is 12.1 Å². The normalized spacial score (nSPS) is 10.6. The fourth-order valence-corrected chi connectivity index (χ4v) is 2.50. The molecule has 1 N–H and O–H groups in total. The highest BCUT2D eigenvalue weighted by atomic mass is 16.5. The third-order valence-corrected chi connectivity index (χ3v) is 3.89. The summed E-state index contributed by atoms with van der Waals surface area (Å²) in [6, 6.07) is 18.2. The lowest BCUT2D eigenvalue weighted by Crippen LogP contribution is -2.33. The number of nitrogens with one attached hydrogen (secondary N) is 1. The molecular formula is C22H19N3O4. The fourth-order valence-electron chi connectivity index (χ4n) is 2.50. The van der Waals surface area contributed by atoms with Crippen molar-refractivity contribution in [2.45, 2.75) is 6.54 Å². The molecule has 1 aromatic heterocycles. The zero-order chi connectivity index (χ0) is 20.5. The molecule has 2 amide bonds. The van der Waals surface area contributed by atoms with E-state index in [9.17, 15) is 14.4 Å². The van der Waals surface area contributed by atoms with Gasteiger partial charge in [-0.15, -0.1) is 0 Å². The molecule has 0 saturated heterocycles. The standard InChI is InChI=1S/C22H19N3O4/c26-20(24-22(28)19-9-5-2-6-10-19)16-29-21(27)12-11-18-13-23-25(15-18)14-17-7-3-1-4-8-17/h1-13,15H,14,16H2,(H,24,26,28)/b12-11+. The maximum absolute atomic E-state index is 11.8. The molecular weight excluding hydrogens is 370 g/mol. The smallest absolute Gasteiger partial charge is 0.331 e. The van der Waals surface area contributed by atoms with Gasteiger partial charge in [-0.05, 0) is 23.8 Å². The Hall–Kier alpha value is -4.00. The van der Waals surface area contributed by atoms with E-state index in [2.05, 4.69) is 10.4 Å². The number of hydrogen-bond donors (Lipinski definition) is 1. The van der Waals surface area contributed by atoms with Crippen LogP contribution in [0.4, 0.5) is 0 Å². The summed E-state index contributed by atoms with van der Waals surface area (Å²) in [5, 5.41) is 6.40. The van der Waals surface area contributed by atoms with Gasteiger partial charge in [-0.3, -0.25) is 19.6 Å². The monoisotopic (exact) mass is 389 g/mol. The van der Waals surface area contributed by atoms with Crippen molar-refractivity contribution in [1.29, 1.82) is 0 Å². The number of ether oxygens (including phenoxy) is 1. The summed E-state index contributed by atoms with van der Waals surface area (Å²) < 4.78 is 6.60. The van der Waals surface area contributed by atoms with Gasteiger partial charge in [0, 0.05) is 23.4 Å². The molecule has 0 aliphatic rings. The first-order chi connectivity index (χ1) is 14.1. The molecule has 3 aromatic rings. The fraction of sp³-hybridized carbons (Fsp3) is 0.0909. The number of aromatic nitrogens is 2. The van der Waals surface area contributed by atoms with E-state index in [1.165, 1.54) is 6.08 Å². The van der Waals surface area contributed by atoms with Crippen molar-refractivity contribution in [1.82, 2.24) is 15.1 Å². The van der Waals surface area contributed by atoms with E-state index < -0.39 is 24.4 Å². The SMILES string of the molecule is O=C(COC(=O)/C=C/c1cnn(Cc2ccccc2)c1)NC(=O)c1ccccc1. The van der Waals surface area contributed by atoms with Gasteiger partial charge >= 0.3 is 5.97 Å². The van der Waals surface area contributed by atoms with Gasteiger partial charge in [0.05, 0.1) is 12.7 Å². The number of hydrogen-bond acceptors (Lipinski definition) is 5. The lowest BCUT2D eigenvalue weighted by molar-refractivity contribution is -0.143. The van der Waals surface area contributed by atoms with Gasteiger partial charge in [-0.2, -0.15) is 5.10 Å². The average molecular weight is 389 g/mol. The van der Waals surface area contributed by atoms with Crippen molar-refractivity contribution in [2.24, 2.45) is 0 Å². The third-order valence-electron chi connectivity index (χ3n) is 3.89. The van der Waals surface area contributed by atoms with Crippen molar-refractivity contribution in [3.05, 3.63) is 95.8 Å². The summed E-state index contributed by atoms with van der Waals surface area (Å²) in [7, 11) is 0. The van der Waals surface area contributed by atoms with Gasteiger partial charge in [0.2, 0.25) is 0 Å². The van der Waals surface area contributed by atoms with Crippen LogP contribution >= 0.6 is 0 Å². The Morgan fingerprint density at radius 2 is 1.69 bits per heavy atom. The summed E-state index contributed by atoms with van der Waals surface area (Å²) >= 11 is 0. The third kappa shape index (κ3) is 6.28. The summed E-state index contributed by atoms with van der Waals surface area (Å²) in [6.45, 7) is 0.0732. The van der Waals surface area contributed by atoms with Gasteiger partial charge < -0.3 is 4.74 Å². The molecule has 146 valence electrons. The van der Waals surface area contributed by atoms with Crippen LogP contribution in [0, 0.1) is 0 Å². The molecule has 0 saturated carbocycles. The van der Waals surface area contributed by atoms with Crippen LogP contribution in [0.1, 0.15) is 21.5 Å². The minimum atomic E-state index is -0.698. The van der Waals surface area contributed by atoms with E-state index in [0.717, 1.165) is 11.1 Å². The van der Waals surface area contributed by atoms with Gasteiger partial charge in [-0.25, -0.2) is 4.79 Å². The summed E-state index contributed by atoms with van der Waals surface area (Å²) in [6.07, 6.45) is 6.17. The van der Waals surface area contributed by atoms with E-state index in [-0.39, 0.29) is 0 Å². The number of carbonyl (C=O) groups excluding carboxylic acids is 3. The minimum absolute atomic E-state index is 0.347. The van der Waals surface area contributed by atoms with Crippen molar-refractivity contribution < 1.29 is 19.1 Å². The van der Waals surface area contributed by atoms with Crippen molar-refractivity contribution in [3.63, 3.8) is 0 Å². The molecule has 0 fully saturated rings. The molecule has 0 aliphatic carbocycles. The number of amides is 2. The Labute approximate surface area is 167 Å². The summed E-state index contributed by atoms with van der Waals surface area (Å²) in [5.41, 5.74) is 2.18. The van der Waals surface area contributed by atoms with E-state index in [1.807, 2.05) is 30.3 Å². The molecule has 7 heteroatoms. The van der Waals surface area contributed by atoms with Gasteiger partial charge in [0.1, 0.15) is 0 Å². The van der Waals surface area contributed by atoms with Crippen LogP contribution in [0.25, 0.3) is 6.08 Å². The van der Waals surface area contributed by atoms with Crippen LogP contribution < -0.4 is 5.32 Å². The van der Waals surface area contributed by atoms with Crippen LogP contribution in [0.15, 0.2) is 79.1 Å².